The first-order valence-corrected chi connectivity index (χ1v) is 7.53. The topological polar surface area (TPSA) is 78.6 Å². The van der Waals surface area contributed by atoms with Crippen LogP contribution in [0.15, 0.2) is 47.4 Å². The fourth-order valence-corrected chi connectivity index (χ4v) is 2.23. The molecule has 0 unspecified atom stereocenters. The number of methoxy groups -OCH3 is 1. The Hall–Kier alpha value is -2.12. The third kappa shape index (κ3) is 3.71. The van der Waals surface area contributed by atoms with E-state index in [4.69, 9.17) is 14.6 Å². The number of primary sulfonamides is 1. The van der Waals surface area contributed by atoms with Gasteiger partial charge in [-0.3, -0.25) is 0 Å². The highest BCUT2D eigenvalue weighted by Crippen LogP contribution is 2.22. The molecule has 0 saturated heterocycles. The summed E-state index contributed by atoms with van der Waals surface area (Å²) in [5.41, 5.74) is 0.338. The molecule has 2 rings (SSSR count). The smallest absolute Gasteiger partial charge is 0.238 e. The number of hydrogen-bond donors (Lipinski definition) is 1. The molecule has 0 fully saturated rings. The normalized spacial score (nSPS) is 11.2. The van der Waals surface area contributed by atoms with E-state index in [0.29, 0.717) is 11.3 Å². The van der Waals surface area contributed by atoms with Crippen LogP contribution >= 0.6 is 0 Å². The van der Waals surface area contributed by atoms with E-state index in [9.17, 15) is 12.8 Å². The van der Waals surface area contributed by atoms with Crippen molar-refractivity contribution in [1.29, 1.82) is 0 Å². The van der Waals surface area contributed by atoms with Gasteiger partial charge in [-0.1, -0.05) is 12.1 Å². The van der Waals surface area contributed by atoms with Crippen LogP contribution in [0.25, 0.3) is 0 Å². The fraction of sp³-hybridized carbons (Fsp3) is 0.143. The zero-order chi connectivity index (χ0) is 15.5. The predicted octanol–water partition coefficient (Wildman–Crippen LogP) is 2.06. The molecule has 21 heavy (non-hydrogen) atoms. The fourth-order valence-electron chi connectivity index (χ4n) is 1.71. The van der Waals surface area contributed by atoms with Gasteiger partial charge in [0.15, 0.2) is 11.6 Å². The van der Waals surface area contributed by atoms with Crippen LogP contribution in [0.1, 0.15) is 5.56 Å². The second-order valence-electron chi connectivity index (χ2n) is 4.24. The van der Waals surface area contributed by atoms with Gasteiger partial charge < -0.3 is 9.47 Å². The molecule has 0 atom stereocenters. The number of sulfonamides is 1. The Morgan fingerprint density at radius 3 is 2.38 bits per heavy atom. The van der Waals surface area contributed by atoms with E-state index >= 15 is 0 Å². The van der Waals surface area contributed by atoms with E-state index < -0.39 is 15.8 Å². The number of benzene rings is 2. The summed E-state index contributed by atoms with van der Waals surface area (Å²) < 4.78 is 46.4. The van der Waals surface area contributed by atoms with Crippen LogP contribution in [0.5, 0.6) is 11.5 Å². The molecule has 0 amide bonds. The van der Waals surface area contributed by atoms with Crippen LogP contribution in [0, 0.1) is 5.82 Å². The minimum Gasteiger partial charge on any atom is -0.494 e. The highest BCUT2D eigenvalue weighted by atomic mass is 32.2. The molecular weight excluding hydrogens is 297 g/mol. The lowest BCUT2D eigenvalue weighted by molar-refractivity contribution is 0.295. The molecule has 7 heteroatoms. The SMILES string of the molecule is COc1cccc(COc2ccc(S(N)(=O)=O)cc2)c1F. The van der Waals surface area contributed by atoms with E-state index in [1.807, 2.05) is 0 Å². The highest BCUT2D eigenvalue weighted by Gasteiger charge is 2.10. The maximum Gasteiger partial charge on any atom is 0.238 e. The van der Waals surface area contributed by atoms with Crippen molar-refractivity contribution in [2.24, 2.45) is 5.14 Å². The van der Waals surface area contributed by atoms with Gasteiger partial charge in [-0.15, -0.1) is 0 Å². The third-order valence-corrected chi connectivity index (χ3v) is 3.74. The minimum atomic E-state index is -3.73. The quantitative estimate of drug-likeness (QED) is 0.916. The van der Waals surface area contributed by atoms with Crippen molar-refractivity contribution in [3.8, 4) is 11.5 Å². The van der Waals surface area contributed by atoms with Crippen molar-refractivity contribution in [3.05, 3.63) is 53.8 Å². The highest BCUT2D eigenvalue weighted by molar-refractivity contribution is 7.89. The number of ether oxygens (including phenoxy) is 2. The van der Waals surface area contributed by atoms with Crippen molar-refractivity contribution >= 4 is 10.0 Å². The first-order chi connectivity index (χ1) is 9.91. The summed E-state index contributed by atoms with van der Waals surface area (Å²) >= 11 is 0. The van der Waals surface area contributed by atoms with Crippen LogP contribution in [0.2, 0.25) is 0 Å². The number of halogens is 1. The van der Waals surface area contributed by atoms with Crippen LogP contribution < -0.4 is 14.6 Å². The van der Waals surface area contributed by atoms with E-state index in [1.165, 1.54) is 37.4 Å². The van der Waals surface area contributed by atoms with E-state index in [0.717, 1.165) is 0 Å². The Morgan fingerprint density at radius 2 is 1.81 bits per heavy atom. The Bertz CT molecular complexity index is 729. The van der Waals surface area contributed by atoms with E-state index in [2.05, 4.69) is 0 Å². The summed E-state index contributed by atoms with van der Waals surface area (Å²) in [5, 5.41) is 4.99. The summed E-state index contributed by atoms with van der Waals surface area (Å²) in [4.78, 5) is -0.0117. The Balaban J connectivity index is 2.10. The lowest BCUT2D eigenvalue weighted by atomic mass is 10.2. The number of hydrogen-bond acceptors (Lipinski definition) is 4. The van der Waals surface area contributed by atoms with Gasteiger partial charge in [-0.25, -0.2) is 17.9 Å². The van der Waals surface area contributed by atoms with Crippen molar-refractivity contribution in [1.82, 2.24) is 0 Å². The van der Waals surface area contributed by atoms with Gasteiger partial charge in [0.2, 0.25) is 10.0 Å². The summed E-state index contributed by atoms with van der Waals surface area (Å²) in [7, 11) is -2.35. The molecule has 0 aliphatic rings. The molecular formula is C14H14FNO4S. The Morgan fingerprint density at radius 1 is 1.14 bits per heavy atom. The summed E-state index contributed by atoms with van der Waals surface area (Å²) in [6, 6.07) is 10.3. The minimum absolute atomic E-state index is 0.00223. The predicted molar refractivity (Wildman–Crippen MR) is 75.1 cm³/mol. The van der Waals surface area contributed by atoms with Gasteiger partial charge in [0.05, 0.1) is 12.0 Å². The first-order valence-electron chi connectivity index (χ1n) is 5.99. The van der Waals surface area contributed by atoms with Crippen LogP contribution in [0.3, 0.4) is 0 Å². The van der Waals surface area contributed by atoms with Crippen molar-refractivity contribution in [2.45, 2.75) is 11.5 Å². The maximum atomic E-state index is 13.9. The monoisotopic (exact) mass is 311 g/mol. The number of nitrogens with two attached hydrogens (primary N) is 1. The second-order valence-corrected chi connectivity index (χ2v) is 5.80. The van der Waals surface area contributed by atoms with Crippen molar-refractivity contribution in [3.63, 3.8) is 0 Å². The van der Waals surface area contributed by atoms with Gasteiger partial charge in [0.25, 0.3) is 0 Å². The molecule has 2 aromatic carbocycles. The van der Waals surface area contributed by atoms with Crippen molar-refractivity contribution < 1.29 is 22.3 Å². The van der Waals surface area contributed by atoms with Crippen LogP contribution in [0.4, 0.5) is 4.39 Å². The van der Waals surface area contributed by atoms with Gasteiger partial charge in [-0.05, 0) is 30.3 Å². The molecule has 2 N–H and O–H groups in total. The van der Waals surface area contributed by atoms with E-state index in [1.54, 1.807) is 12.1 Å². The zero-order valence-electron chi connectivity index (χ0n) is 11.2. The molecule has 0 bridgehead atoms. The van der Waals surface area contributed by atoms with Gasteiger partial charge in [0, 0.05) is 5.56 Å². The molecule has 0 aromatic heterocycles. The average Bonchev–Trinajstić information content (AvgIpc) is 2.46. The molecule has 0 aliphatic carbocycles. The average molecular weight is 311 g/mol. The Labute approximate surface area is 122 Å². The molecule has 2 aromatic rings. The molecule has 0 aliphatic heterocycles. The molecule has 112 valence electrons. The molecule has 0 saturated carbocycles. The van der Waals surface area contributed by atoms with Crippen LogP contribution in [-0.4, -0.2) is 15.5 Å². The molecule has 0 radical (unpaired) electrons. The maximum absolute atomic E-state index is 13.9. The zero-order valence-corrected chi connectivity index (χ0v) is 12.1. The summed E-state index contributed by atoms with van der Waals surface area (Å²) in [5.74, 6) is 0.0615. The lowest BCUT2D eigenvalue weighted by Crippen LogP contribution is -2.11. The van der Waals surface area contributed by atoms with E-state index in [-0.39, 0.29) is 17.3 Å². The molecule has 0 spiro atoms. The summed E-state index contributed by atoms with van der Waals surface area (Å²) in [6.07, 6.45) is 0. The molecule has 0 heterocycles. The van der Waals surface area contributed by atoms with Crippen molar-refractivity contribution in [2.75, 3.05) is 7.11 Å². The van der Waals surface area contributed by atoms with Gasteiger partial charge in [-0.2, -0.15) is 0 Å². The largest absolute Gasteiger partial charge is 0.494 e. The summed E-state index contributed by atoms with van der Waals surface area (Å²) in [6.45, 7) is -0.00223. The van der Waals surface area contributed by atoms with Gasteiger partial charge >= 0.3 is 0 Å². The Kier molecular flexibility index (Phi) is 4.44. The lowest BCUT2D eigenvalue weighted by Gasteiger charge is -2.09. The first kappa shape index (κ1) is 15.3. The molecule has 5 nitrogen and oxygen atoms in total. The van der Waals surface area contributed by atoms with Gasteiger partial charge in [0.1, 0.15) is 12.4 Å². The standard InChI is InChI=1S/C14H14FNO4S/c1-19-13-4-2-3-10(14(13)15)9-20-11-5-7-12(8-6-11)21(16,17)18/h2-8H,9H2,1H3,(H2,16,17,18). The van der Waals surface area contributed by atoms with Crippen LogP contribution in [-0.2, 0) is 16.6 Å². The third-order valence-electron chi connectivity index (χ3n) is 2.81. The second kappa shape index (κ2) is 6.11. The number of rotatable bonds is 5.